The molecule has 2 aromatic heterocycles. The van der Waals surface area contributed by atoms with Gasteiger partial charge in [0.1, 0.15) is 10.6 Å². The summed E-state index contributed by atoms with van der Waals surface area (Å²) in [6, 6.07) is 16.3. The Hall–Kier alpha value is -3.36. The first-order chi connectivity index (χ1) is 15.4. The van der Waals surface area contributed by atoms with Gasteiger partial charge in [-0.2, -0.15) is 5.10 Å². The van der Waals surface area contributed by atoms with E-state index in [1.165, 1.54) is 18.4 Å². The number of carbonyl (C=O) groups excluding carboxylic acids is 2. The summed E-state index contributed by atoms with van der Waals surface area (Å²) in [4.78, 5) is 25.5. The fourth-order valence-electron chi connectivity index (χ4n) is 3.12. The maximum absolute atomic E-state index is 12.8. The predicted molar refractivity (Wildman–Crippen MR) is 125 cm³/mol. The number of esters is 1. The molecule has 0 aliphatic rings. The summed E-state index contributed by atoms with van der Waals surface area (Å²) in [6.45, 7) is 2.36. The number of hydrogen-bond acceptors (Lipinski definition) is 6. The zero-order valence-electron chi connectivity index (χ0n) is 17.4. The van der Waals surface area contributed by atoms with Gasteiger partial charge >= 0.3 is 5.97 Å². The van der Waals surface area contributed by atoms with Gasteiger partial charge in [0.05, 0.1) is 24.2 Å². The Labute approximate surface area is 193 Å². The van der Waals surface area contributed by atoms with E-state index in [0.29, 0.717) is 27.9 Å². The van der Waals surface area contributed by atoms with Crippen molar-refractivity contribution in [2.24, 2.45) is 0 Å². The van der Waals surface area contributed by atoms with Crippen LogP contribution in [0.25, 0.3) is 10.2 Å². The highest BCUT2D eigenvalue weighted by Crippen LogP contribution is 2.30. The molecule has 0 aliphatic heterocycles. The van der Waals surface area contributed by atoms with Crippen LogP contribution in [0.2, 0.25) is 5.02 Å². The van der Waals surface area contributed by atoms with Crippen molar-refractivity contribution in [1.82, 2.24) is 9.78 Å². The summed E-state index contributed by atoms with van der Waals surface area (Å²) in [5.74, 6) is -0.155. The molecule has 0 atom stereocenters. The molecule has 0 saturated heterocycles. The second-order valence-corrected chi connectivity index (χ2v) is 8.51. The normalized spacial score (nSPS) is 10.8. The highest BCUT2D eigenvalue weighted by molar-refractivity contribution is 7.20. The summed E-state index contributed by atoms with van der Waals surface area (Å²) < 4.78 is 11.8. The minimum absolute atomic E-state index is 0.170. The molecule has 1 N–H and O–H groups in total. The van der Waals surface area contributed by atoms with Crippen molar-refractivity contribution in [3.8, 4) is 5.75 Å². The standard InChI is InChI=1S/C23H20ClN3O4S/c1-14-19-11-20(32-23(19)27(26-14)12-15-3-5-16(24)6-4-15)22(29)25-17-7-9-18(10-8-17)31-13-21(28)30-2/h3-11H,12-13H2,1-2H3,(H,25,29). The fraction of sp³-hybridized carbons (Fsp3) is 0.174. The van der Waals surface area contributed by atoms with Crippen LogP contribution in [-0.4, -0.2) is 35.4 Å². The van der Waals surface area contributed by atoms with Gasteiger partial charge in [-0.1, -0.05) is 23.7 Å². The summed E-state index contributed by atoms with van der Waals surface area (Å²) in [7, 11) is 1.30. The Morgan fingerprint density at radius 2 is 1.84 bits per heavy atom. The number of nitrogens with one attached hydrogen (secondary N) is 1. The highest BCUT2D eigenvalue weighted by Gasteiger charge is 2.17. The Morgan fingerprint density at radius 3 is 2.53 bits per heavy atom. The Morgan fingerprint density at radius 1 is 1.12 bits per heavy atom. The minimum atomic E-state index is -0.461. The number of amides is 1. The molecular formula is C23H20ClN3O4S. The average molecular weight is 470 g/mol. The molecule has 0 saturated carbocycles. The quantitative estimate of drug-likeness (QED) is 0.389. The molecule has 2 aromatic carbocycles. The first kappa shape index (κ1) is 21.9. The maximum atomic E-state index is 12.8. The van der Waals surface area contributed by atoms with Crippen molar-refractivity contribution in [2.75, 3.05) is 19.0 Å². The molecule has 0 radical (unpaired) electrons. The van der Waals surface area contributed by atoms with E-state index in [4.69, 9.17) is 16.3 Å². The molecule has 0 spiro atoms. The van der Waals surface area contributed by atoms with Gasteiger partial charge in [0.15, 0.2) is 6.61 Å². The van der Waals surface area contributed by atoms with E-state index in [1.54, 1.807) is 24.3 Å². The fourth-order valence-corrected chi connectivity index (χ4v) is 4.31. The van der Waals surface area contributed by atoms with E-state index in [9.17, 15) is 9.59 Å². The molecule has 0 unspecified atom stereocenters. The highest BCUT2D eigenvalue weighted by atomic mass is 35.5. The van der Waals surface area contributed by atoms with E-state index in [-0.39, 0.29) is 12.5 Å². The number of aryl methyl sites for hydroxylation is 1. The van der Waals surface area contributed by atoms with Crippen molar-refractivity contribution in [3.05, 3.63) is 75.8 Å². The Kier molecular flexibility index (Phi) is 6.43. The third-order valence-corrected chi connectivity index (χ3v) is 6.17. The van der Waals surface area contributed by atoms with E-state index < -0.39 is 5.97 Å². The van der Waals surface area contributed by atoms with Crippen molar-refractivity contribution in [3.63, 3.8) is 0 Å². The number of methoxy groups -OCH3 is 1. The Balaban J connectivity index is 1.47. The minimum Gasteiger partial charge on any atom is -0.482 e. The van der Waals surface area contributed by atoms with E-state index in [2.05, 4.69) is 15.2 Å². The number of ether oxygens (including phenoxy) is 2. The van der Waals surface area contributed by atoms with E-state index in [0.717, 1.165) is 21.5 Å². The van der Waals surface area contributed by atoms with Crippen molar-refractivity contribution < 1.29 is 19.1 Å². The number of nitrogens with zero attached hydrogens (tertiary/aromatic N) is 2. The topological polar surface area (TPSA) is 82.4 Å². The number of halogens is 1. The molecule has 1 amide bonds. The van der Waals surface area contributed by atoms with Crippen molar-refractivity contribution in [1.29, 1.82) is 0 Å². The number of anilines is 1. The van der Waals surface area contributed by atoms with Gasteiger partial charge in [-0.25, -0.2) is 4.79 Å². The molecule has 2 heterocycles. The molecule has 4 rings (SSSR count). The maximum Gasteiger partial charge on any atom is 0.343 e. The van der Waals surface area contributed by atoms with Gasteiger partial charge in [-0.15, -0.1) is 11.3 Å². The zero-order valence-corrected chi connectivity index (χ0v) is 19.0. The number of rotatable bonds is 7. The SMILES string of the molecule is COC(=O)COc1ccc(NC(=O)c2cc3c(C)nn(Cc4ccc(Cl)cc4)c3s2)cc1. The van der Waals surface area contributed by atoms with Crippen LogP contribution in [0.1, 0.15) is 20.9 Å². The lowest BCUT2D eigenvalue weighted by molar-refractivity contribution is -0.142. The third kappa shape index (κ3) is 4.92. The molecule has 7 nitrogen and oxygen atoms in total. The second kappa shape index (κ2) is 9.42. The molecule has 4 aromatic rings. The molecule has 0 fully saturated rings. The van der Waals surface area contributed by atoms with Gasteiger partial charge in [-0.05, 0) is 55.0 Å². The van der Waals surface area contributed by atoms with Crippen LogP contribution in [0, 0.1) is 6.92 Å². The second-order valence-electron chi connectivity index (χ2n) is 7.04. The zero-order chi connectivity index (χ0) is 22.7. The summed E-state index contributed by atoms with van der Waals surface area (Å²) >= 11 is 7.37. The van der Waals surface area contributed by atoms with Crippen LogP contribution < -0.4 is 10.1 Å². The number of fused-ring (bicyclic) bond motifs is 1. The van der Waals surface area contributed by atoms with E-state index in [1.807, 2.05) is 41.9 Å². The molecule has 164 valence electrons. The number of aromatic nitrogens is 2. The van der Waals surface area contributed by atoms with Crippen LogP contribution in [0.4, 0.5) is 5.69 Å². The van der Waals surface area contributed by atoms with Crippen molar-refractivity contribution >= 4 is 50.7 Å². The summed E-state index contributed by atoms with van der Waals surface area (Å²) in [5, 5.41) is 9.15. The third-order valence-electron chi connectivity index (χ3n) is 4.77. The number of thiophene rings is 1. The van der Waals surface area contributed by atoms with Crippen LogP contribution in [0.5, 0.6) is 5.75 Å². The van der Waals surface area contributed by atoms with Gasteiger partial charge < -0.3 is 14.8 Å². The monoisotopic (exact) mass is 469 g/mol. The van der Waals surface area contributed by atoms with Gasteiger partial charge in [0, 0.05) is 16.1 Å². The predicted octanol–water partition coefficient (Wildman–Crippen LogP) is 4.91. The smallest absolute Gasteiger partial charge is 0.343 e. The molecule has 0 bridgehead atoms. The molecule has 0 aliphatic carbocycles. The number of benzene rings is 2. The molecule has 32 heavy (non-hydrogen) atoms. The largest absolute Gasteiger partial charge is 0.482 e. The number of hydrogen-bond donors (Lipinski definition) is 1. The van der Waals surface area contributed by atoms with Gasteiger partial charge in [0.25, 0.3) is 5.91 Å². The lowest BCUT2D eigenvalue weighted by Crippen LogP contribution is -2.13. The van der Waals surface area contributed by atoms with Crippen molar-refractivity contribution in [2.45, 2.75) is 13.5 Å². The first-order valence-electron chi connectivity index (χ1n) is 9.75. The summed E-state index contributed by atoms with van der Waals surface area (Å²) in [5.41, 5.74) is 2.57. The van der Waals surface area contributed by atoms with Crippen LogP contribution in [0.3, 0.4) is 0 Å². The van der Waals surface area contributed by atoms with E-state index >= 15 is 0 Å². The van der Waals surface area contributed by atoms with Crippen LogP contribution in [0.15, 0.2) is 54.6 Å². The number of carbonyl (C=O) groups is 2. The van der Waals surface area contributed by atoms with Gasteiger partial charge in [-0.3, -0.25) is 9.48 Å². The summed E-state index contributed by atoms with van der Waals surface area (Å²) in [6.07, 6.45) is 0. The Bertz CT molecular complexity index is 1260. The van der Waals surface area contributed by atoms with Crippen LogP contribution in [-0.2, 0) is 16.1 Å². The molecular weight excluding hydrogens is 450 g/mol. The lowest BCUT2D eigenvalue weighted by atomic mass is 10.2. The first-order valence-corrected chi connectivity index (χ1v) is 10.9. The van der Waals surface area contributed by atoms with Crippen LogP contribution >= 0.6 is 22.9 Å². The molecule has 9 heteroatoms. The average Bonchev–Trinajstić information content (AvgIpc) is 3.36. The lowest BCUT2D eigenvalue weighted by Gasteiger charge is -2.07. The van der Waals surface area contributed by atoms with Gasteiger partial charge in [0.2, 0.25) is 0 Å².